The summed E-state index contributed by atoms with van der Waals surface area (Å²) in [6.45, 7) is 4.00. The van der Waals surface area contributed by atoms with Crippen molar-refractivity contribution in [2.45, 2.75) is 38.6 Å². The Labute approximate surface area is 135 Å². The SMILES string of the molecule is COC(=O)c1c(C2CC2)c(-c2ccc(C#N)cc2)nn1C(C)C. The summed E-state index contributed by atoms with van der Waals surface area (Å²) < 4.78 is 6.75. The van der Waals surface area contributed by atoms with E-state index in [9.17, 15) is 4.79 Å². The van der Waals surface area contributed by atoms with Gasteiger partial charge in [-0.25, -0.2) is 4.79 Å². The predicted molar refractivity (Wildman–Crippen MR) is 86.1 cm³/mol. The van der Waals surface area contributed by atoms with Gasteiger partial charge in [-0.3, -0.25) is 4.68 Å². The van der Waals surface area contributed by atoms with E-state index in [1.807, 2.05) is 26.0 Å². The first-order valence-corrected chi connectivity index (χ1v) is 7.78. The number of aromatic nitrogens is 2. The molecule has 0 atom stereocenters. The van der Waals surface area contributed by atoms with Crippen LogP contribution in [0.1, 0.15) is 60.3 Å². The van der Waals surface area contributed by atoms with Gasteiger partial charge < -0.3 is 4.74 Å². The Hall–Kier alpha value is -2.61. The molecule has 1 saturated carbocycles. The molecule has 5 nitrogen and oxygen atoms in total. The molecular weight excluding hydrogens is 290 g/mol. The normalized spacial score (nSPS) is 13.9. The number of ether oxygens (including phenoxy) is 1. The molecular formula is C18H19N3O2. The molecule has 0 bridgehead atoms. The summed E-state index contributed by atoms with van der Waals surface area (Å²) >= 11 is 0. The van der Waals surface area contributed by atoms with Crippen LogP contribution >= 0.6 is 0 Å². The number of rotatable bonds is 4. The molecule has 1 heterocycles. The molecule has 1 aliphatic rings. The van der Waals surface area contributed by atoms with Crippen LogP contribution in [0.25, 0.3) is 11.3 Å². The Morgan fingerprint density at radius 1 is 1.35 bits per heavy atom. The summed E-state index contributed by atoms with van der Waals surface area (Å²) in [6, 6.07) is 9.51. The van der Waals surface area contributed by atoms with Crippen LogP contribution in [0.5, 0.6) is 0 Å². The van der Waals surface area contributed by atoms with E-state index in [4.69, 9.17) is 15.1 Å². The second-order valence-corrected chi connectivity index (χ2v) is 6.10. The summed E-state index contributed by atoms with van der Waals surface area (Å²) in [5.41, 5.74) is 3.90. The van der Waals surface area contributed by atoms with E-state index in [0.29, 0.717) is 17.2 Å². The second-order valence-electron chi connectivity index (χ2n) is 6.10. The van der Waals surface area contributed by atoms with Crippen LogP contribution in [0.3, 0.4) is 0 Å². The fourth-order valence-corrected chi connectivity index (χ4v) is 2.80. The Balaban J connectivity index is 2.19. The topological polar surface area (TPSA) is 67.9 Å². The van der Waals surface area contributed by atoms with Gasteiger partial charge in [0.25, 0.3) is 0 Å². The molecule has 1 fully saturated rings. The van der Waals surface area contributed by atoms with Crippen molar-refractivity contribution in [1.29, 1.82) is 5.26 Å². The zero-order valence-corrected chi connectivity index (χ0v) is 13.5. The Bertz CT molecular complexity index is 778. The van der Waals surface area contributed by atoms with Crippen molar-refractivity contribution in [3.05, 3.63) is 41.1 Å². The number of carbonyl (C=O) groups excluding carboxylic acids is 1. The molecule has 0 radical (unpaired) electrons. The van der Waals surface area contributed by atoms with E-state index in [0.717, 1.165) is 29.7 Å². The van der Waals surface area contributed by atoms with Crippen LogP contribution in [0, 0.1) is 11.3 Å². The van der Waals surface area contributed by atoms with Gasteiger partial charge in [0.05, 0.1) is 24.4 Å². The van der Waals surface area contributed by atoms with Gasteiger partial charge in [0.1, 0.15) is 0 Å². The summed E-state index contributed by atoms with van der Waals surface area (Å²) in [5.74, 6) is 0.0234. The molecule has 23 heavy (non-hydrogen) atoms. The molecule has 3 rings (SSSR count). The number of hydrogen-bond donors (Lipinski definition) is 0. The maximum atomic E-state index is 12.3. The summed E-state index contributed by atoms with van der Waals surface area (Å²) in [5, 5.41) is 13.6. The average molecular weight is 309 g/mol. The minimum Gasteiger partial charge on any atom is -0.464 e. The third-order valence-corrected chi connectivity index (χ3v) is 4.09. The van der Waals surface area contributed by atoms with Gasteiger partial charge in [0.2, 0.25) is 0 Å². The quantitative estimate of drug-likeness (QED) is 0.808. The fraction of sp³-hybridized carbons (Fsp3) is 0.389. The van der Waals surface area contributed by atoms with Crippen molar-refractivity contribution in [3.63, 3.8) is 0 Å². The number of methoxy groups -OCH3 is 1. The highest BCUT2D eigenvalue weighted by atomic mass is 16.5. The average Bonchev–Trinajstić information content (AvgIpc) is 3.33. The fourth-order valence-electron chi connectivity index (χ4n) is 2.80. The van der Waals surface area contributed by atoms with Crippen molar-refractivity contribution < 1.29 is 9.53 Å². The number of benzene rings is 1. The van der Waals surface area contributed by atoms with Gasteiger partial charge in [0, 0.05) is 17.2 Å². The van der Waals surface area contributed by atoms with Gasteiger partial charge in [-0.2, -0.15) is 10.4 Å². The van der Waals surface area contributed by atoms with E-state index < -0.39 is 0 Å². The Morgan fingerprint density at radius 3 is 2.48 bits per heavy atom. The molecule has 0 N–H and O–H groups in total. The molecule has 0 spiro atoms. The van der Waals surface area contributed by atoms with Crippen LogP contribution in [0.15, 0.2) is 24.3 Å². The van der Waals surface area contributed by atoms with E-state index in [-0.39, 0.29) is 12.0 Å². The molecule has 118 valence electrons. The van der Waals surface area contributed by atoms with Gasteiger partial charge in [-0.05, 0) is 44.7 Å². The highest BCUT2D eigenvalue weighted by Crippen LogP contribution is 2.46. The van der Waals surface area contributed by atoms with Crippen LogP contribution in [-0.4, -0.2) is 22.9 Å². The first-order valence-electron chi connectivity index (χ1n) is 7.78. The second kappa shape index (κ2) is 5.88. The van der Waals surface area contributed by atoms with Crippen molar-refractivity contribution >= 4 is 5.97 Å². The minimum atomic E-state index is -0.340. The lowest BCUT2D eigenvalue weighted by molar-refractivity contribution is 0.0583. The molecule has 0 aliphatic heterocycles. The molecule has 1 aliphatic carbocycles. The number of nitrogens with zero attached hydrogens (tertiary/aromatic N) is 3. The number of hydrogen-bond acceptors (Lipinski definition) is 4. The highest BCUT2D eigenvalue weighted by Gasteiger charge is 2.36. The van der Waals surface area contributed by atoms with Crippen LogP contribution < -0.4 is 0 Å². The predicted octanol–water partition coefficient (Wildman–Crippen LogP) is 3.67. The van der Waals surface area contributed by atoms with Crippen molar-refractivity contribution in [3.8, 4) is 17.3 Å². The third-order valence-electron chi connectivity index (χ3n) is 4.09. The van der Waals surface area contributed by atoms with E-state index >= 15 is 0 Å². The molecule has 5 heteroatoms. The lowest BCUT2D eigenvalue weighted by Gasteiger charge is -2.10. The highest BCUT2D eigenvalue weighted by molar-refractivity contribution is 5.92. The summed E-state index contributed by atoms with van der Waals surface area (Å²) in [4.78, 5) is 12.3. The number of carbonyl (C=O) groups is 1. The largest absolute Gasteiger partial charge is 0.464 e. The van der Waals surface area contributed by atoms with Crippen LogP contribution in [-0.2, 0) is 4.74 Å². The maximum Gasteiger partial charge on any atom is 0.356 e. The molecule has 0 amide bonds. The third kappa shape index (κ3) is 2.72. The van der Waals surface area contributed by atoms with Crippen molar-refractivity contribution in [2.75, 3.05) is 7.11 Å². The minimum absolute atomic E-state index is 0.0636. The number of esters is 1. The zero-order valence-electron chi connectivity index (χ0n) is 13.5. The smallest absolute Gasteiger partial charge is 0.356 e. The summed E-state index contributed by atoms with van der Waals surface area (Å²) in [6.07, 6.45) is 2.13. The van der Waals surface area contributed by atoms with Gasteiger partial charge in [0.15, 0.2) is 5.69 Å². The molecule has 0 unspecified atom stereocenters. The first-order chi connectivity index (χ1) is 11.1. The first kappa shape index (κ1) is 15.3. The standard InChI is InChI=1S/C18H19N3O2/c1-11(2)21-17(18(22)23-3)15(13-8-9-13)16(20-21)14-6-4-12(10-19)5-7-14/h4-7,11,13H,8-9H2,1-3H3. The van der Waals surface area contributed by atoms with Crippen molar-refractivity contribution in [1.82, 2.24) is 9.78 Å². The molecule has 2 aromatic rings. The molecule has 0 saturated heterocycles. The van der Waals surface area contributed by atoms with Crippen molar-refractivity contribution in [2.24, 2.45) is 0 Å². The monoisotopic (exact) mass is 309 g/mol. The lowest BCUT2D eigenvalue weighted by atomic mass is 10.0. The molecule has 1 aromatic carbocycles. The molecule has 1 aromatic heterocycles. The van der Waals surface area contributed by atoms with E-state index in [1.54, 1.807) is 16.8 Å². The van der Waals surface area contributed by atoms with Crippen LogP contribution in [0.2, 0.25) is 0 Å². The number of nitriles is 1. The summed E-state index contributed by atoms with van der Waals surface area (Å²) in [7, 11) is 1.40. The Morgan fingerprint density at radius 2 is 2.00 bits per heavy atom. The van der Waals surface area contributed by atoms with Gasteiger partial charge >= 0.3 is 5.97 Å². The van der Waals surface area contributed by atoms with E-state index in [1.165, 1.54) is 7.11 Å². The Kier molecular flexibility index (Phi) is 3.91. The maximum absolute atomic E-state index is 12.3. The lowest BCUT2D eigenvalue weighted by Crippen LogP contribution is -2.15. The van der Waals surface area contributed by atoms with E-state index in [2.05, 4.69) is 6.07 Å². The van der Waals surface area contributed by atoms with Crippen LogP contribution in [0.4, 0.5) is 0 Å². The van der Waals surface area contributed by atoms with Gasteiger partial charge in [-0.1, -0.05) is 12.1 Å². The van der Waals surface area contributed by atoms with Gasteiger partial charge in [-0.15, -0.1) is 0 Å². The zero-order chi connectivity index (χ0) is 16.6.